The summed E-state index contributed by atoms with van der Waals surface area (Å²) in [7, 11) is -3.38. The third-order valence-electron chi connectivity index (χ3n) is 2.09. The Bertz CT molecular complexity index is 290. The molecule has 0 atom stereocenters. The number of carbonyl (C=O) groups is 1. The van der Waals surface area contributed by atoms with Gasteiger partial charge in [-0.1, -0.05) is 41.6 Å². The van der Waals surface area contributed by atoms with Gasteiger partial charge in [0, 0.05) is 11.8 Å². The third kappa shape index (κ3) is 12.0. The molecule has 0 radical (unpaired) electrons. The summed E-state index contributed by atoms with van der Waals surface area (Å²) in [5, 5.41) is 1.05. The summed E-state index contributed by atoms with van der Waals surface area (Å²) in [4.78, 5) is 11.1. The number of rotatable bonds is 9. The second-order valence-corrected chi connectivity index (χ2v) is 6.40. The van der Waals surface area contributed by atoms with Crippen LogP contribution in [0.15, 0.2) is 0 Å². The molecule has 0 rings (SSSR count). The highest BCUT2D eigenvalue weighted by molar-refractivity contribution is 9.09. The number of hydrogen-bond donors (Lipinski definition) is 1. The summed E-state index contributed by atoms with van der Waals surface area (Å²) in [5.74, 6) is -0.400. The molecule has 0 heterocycles. The van der Waals surface area contributed by atoms with Crippen LogP contribution in [0.4, 0.5) is 0 Å². The molecule has 0 aliphatic heterocycles. The molecular formula is C10H20BrNO3S. The summed E-state index contributed by atoms with van der Waals surface area (Å²) in [6.45, 7) is 0. The second kappa shape index (κ2) is 8.98. The van der Waals surface area contributed by atoms with Crippen molar-refractivity contribution >= 4 is 31.9 Å². The SMILES string of the molecule is CS(=O)(=O)NC(=O)CCCCCCCCBr. The van der Waals surface area contributed by atoms with E-state index < -0.39 is 15.9 Å². The van der Waals surface area contributed by atoms with Gasteiger partial charge < -0.3 is 0 Å². The highest BCUT2D eigenvalue weighted by Crippen LogP contribution is 2.07. The molecule has 0 saturated heterocycles. The number of sulfonamides is 1. The first-order valence-corrected chi connectivity index (χ1v) is 8.53. The maximum atomic E-state index is 11.1. The zero-order valence-electron chi connectivity index (χ0n) is 9.67. The van der Waals surface area contributed by atoms with Gasteiger partial charge >= 0.3 is 0 Å². The monoisotopic (exact) mass is 313 g/mol. The average Bonchev–Trinajstić information content (AvgIpc) is 2.13. The summed E-state index contributed by atoms with van der Waals surface area (Å²) in [6, 6.07) is 0. The van der Waals surface area contributed by atoms with Gasteiger partial charge in [0.1, 0.15) is 0 Å². The van der Waals surface area contributed by atoms with Crippen molar-refractivity contribution in [1.29, 1.82) is 0 Å². The van der Waals surface area contributed by atoms with Crippen molar-refractivity contribution in [3.05, 3.63) is 0 Å². The van der Waals surface area contributed by atoms with Crippen LogP contribution in [0.2, 0.25) is 0 Å². The highest BCUT2D eigenvalue weighted by Gasteiger charge is 2.07. The van der Waals surface area contributed by atoms with Crippen molar-refractivity contribution in [2.24, 2.45) is 0 Å². The summed E-state index contributed by atoms with van der Waals surface area (Å²) < 4.78 is 23.4. The lowest BCUT2D eigenvalue weighted by atomic mass is 10.1. The predicted octanol–water partition coefficient (Wildman–Crippen LogP) is 2.19. The van der Waals surface area contributed by atoms with Crippen LogP contribution in [0.3, 0.4) is 0 Å². The van der Waals surface area contributed by atoms with E-state index in [1.165, 1.54) is 19.3 Å². The van der Waals surface area contributed by atoms with Gasteiger partial charge in [0.25, 0.3) is 0 Å². The largest absolute Gasteiger partial charge is 0.274 e. The number of nitrogens with one attached hydrogen (secondary N) is 1. The number of halogens is 1. The van der Waals surface area contributed by atoms with E-state index in [-0.39, 0.29) is 0 Å². The standard InChI is InChI=1S/C10H20BrNO3S/c1-16(14,15)12-10(13)8-6-4-2-3-5-7-9-11/h2-9H2,1H3,(H,12,13). The predicted molar refractivity (Wildman–Crippen MR) is 69.1 cm³/mol. The smallest absolute Gasteiger partial charge is 0.233 e. The van der Waals surface area contributed by atoms with Gasteiger partial charge in [0.15, 0.2) is 0 Å². The van der Waals surface area contributed by atoms with Crippen molar-refractivity contribution < 1.29 is 13.2 Å². The van der Waals surface area contributed by atoms with Gasteiger partial charge in [0.05, 0.1) is 6.26 Å². The zero-order chi connectivity index (χ0) is 12.4. The third-order valence-corrected chi connectivity index (χ3v) is 3.25. The van der Waals surface area contributed by atoms with Crippen LogP contribution in [0, 0.1) is 0 Å². The second-order valence-electron chi connectivity index (χ2n) is 3.86. The van der Waals surface area contributed by atoms with E-state index in [4.69, 9.17) is 0 Å². The molecule has 0 aliphatic carbocycles. The summed E-state index contributed by atoms with van der Waals surface area (Å²) in [5.41, 5.74) is 0. The normalized spacial score (nSPS) is 11.4. The quantitative estimate of drug-likeness (QED) is 0.524. The lowest BCUT2D eigenvalue weighted by Gasteiger charge is -2.02. The number of unbranched alkanes of at least 4 members (excludes halogenated alkanes) is 5. The van der Waals surface area contributed by atoms with Crippen LogP contribution >= 0.6 is 15.9 Å². The molecule has 4 nitrogen and oxygen atoms in total. The lowest BCUT2D eigenvalue weighted by molar-refractivity contribution is -0.119. The molecular weight excluding hydrogens is 294 g/mol. The van der Waals surface area contributed by atoms with E-state index in [0.29, 0.717) is 6.42 Å². The fourth-order valence-electron chi connectivity index (χ4n) is 1.34. The van der Waals surface area contributed by atoms with Crippen LogP contribution in [0.1, 0.15) is 44.9 Å². The molecule has 0 bridgehead atoms. The van der Waals surface area contributed by atoms with Gasteiger partial charge in [-0.3, -0.25) is 9.52 Å². The minimum atomic E-state index is -3.38. The molecule has 0 unspecified atom stereocenters. The maximum absolute atomic E-state index is 11.1. The van der Waals surface area contributed by atoms with E-state index in [9.17, 15) is 13.2 Å². The van der Waals surface area contributed by atoms with Crippen LogP contribution in [-0.4, -0.2) is 25.9 Å². The Balaban J connectivity index is 3.35. The molecule has 0 aromatic carbocycles. The Kier molecular flexibility index (Phi) is 8.93. The van der Waals surface area contributed by atoms with Gasteiger partial charge in [-0.25, -0.2) is 8.42 Å². The molecule has 1 N–H and O–H groups in total. The summed E-state index contributed by atoms with van der Waals surface area (Å²) >= 11 is 3.37. The number of hydrogen-bond acceptors (Lipinski definition) is 3. The Labute approximate surface area is 106 Å². The van der Waals surface area contributed by atoms with Crippen LogP contribution < -0.4 is 4.72 Å². The van der Waals surface area contributed by atoms with E-state index >= 15 is 0 Å². The minimum Gasteiger partial charge on any atom is -0.274 e. The first-order valence-electron chi connectivity index (χ1n) is 5.52. The van der Waals surface area contributed by atoms with Gasteiger partial charge in [0.2, 0.25) is 15.9 Å². The number of carbonyl (C=O) groups excluding carboxylic acids is 1. The first-order chi connectivity index (χ1) is 7.45. The van der Waals surface area contributed by atoms with Crippen molar-refractivity contribution in [3.63, 3.8) is 0 Å². The number of amides is 1. The Morgan fingerprint density at radius 2 is 1.56 bits per heavy atom. The fraction of sp³-hybridized carbons (Fsp3) is 0.900. The molecule has 0 aromatic heterocycles. The number of alkyl halides is 1. The van der Waals surface area contributed by atoms with E-state index in [2.05, 4.69) is 15.9 Å². The van der Waals surface area contributed by atoms with Crippen molar-refractivity contribution in [3.8, 4) is 0 Å². The van der Waals surface area contributed by atoms with Crippen LogP contribution in [-0.2, 0) is 14.8 Å². The fourth-order valence-corrected chi connectivity index (χ4v) is 2.26. The van der Waals surface area contributed by atoms with Gasteiger partial charge in [-0.2, -0.15) is 0 Å². The van der Waals surface area contributed by atoms with Gasteiger partial charge in [-0.05, 0) is 12.8 Å². The van der Waals surface area contributed by atoms with E-state index in [1.807, 2.05) is 4.72 Å². The topological polar surface area (TPSA) is 63.2 Å². The maximum Gasteiger partial charge on any atom is 0.233 e. The van der Waals surface area contributed by atoms with Crippen LogP contribution in [0.5, 0.6) is 0 Å². The Morgan fingerprint density at radius 3 is 2.06 bits per heavy atom. The molecule has 96 valence electrons. The zero-order valence-corrected chi connectivity index (χ0v) is 12.1. The van der Waals surface area contributed by atoms with Gasteiger partial charge in [-0.15, -0.1) is 0 Å². The molecule has 6 heteroatoms. The molecule has 16 heavy (non-hydrogen) atoms. The van der Waals surface area contributed by atoms with Crippen molar-refractivity contribution in [2.45, 2.75) is 44.9 Å². The van der Waals surface area contributed by atoms with Crippen molar-refractivity contribution in [1.82, 2.24) is 4.72 Å². The minimum absolute atomic E-state index is 0.297. The average molecular weight is 314 g/mol. The van der Waals surface area contributed by atoms with Crippen molar-refractivity contribution in [2.75, 3.05) is 11.6 Å². The van der Waals surface area contributed by atoms with Crippen LogP contribution in [0.25, 0.3) is 0 Å². The van der Waals surface area contributed by atoms with E-state index in [1.54, 1.807) is 0 Å². The Morgan fingerprint density at radius 1 is 1.06 bits per heavy atom. The molecule has 0 aromatic rings. The molecule has 0 fully saturated rings. The molecule has 0 aliphatic rings. The summed E-state index contributed by atoms with van der Waals surface area (Å²) in [6.07, 6.45) is 7.72. The van der Waals surface area contributed by atoms with E-state index in [0.717, 1.165) is 30.8 Å². The highest BCUT2D eigenvalue weighted by atomic mass is 79.9. The Hall–Kier alpha value is -0.100. The molecule has 0 saturated carbocycles. The first kappa shape index (κ1) is 15.9. The molecule has 1 amide bonds. The lowest BCUT2D eigenvalue weighted by Crippen LogP contribution is -2.28. The molecule has 0 spiro atoms.